The SMILES string of the molecule is O=C(O)C1CCN(C(=O)Cc2c(F)cccc2F)C1. The van der Waals surface area contributed by atoms with E-state index in [9.17, 15) is 18.4 Å². The quantitative estimate of drug-likeness (QED) is 0.903. The highest BCUT2D eigenvalue weighted by atomic mass is 19.1. The molecular weight excluding hydrogens is 256 g/mol. The van der Waals surface area contributed by atoms with Gasteiger partial charge >= 0.3 is 5.97 Å². The molecule has 102 valence electrons. The molecule has 1 aliphatic rings. The van der Waals surface area contributed by atoms with E-state index < -0.39 is 29.4 Å². The zero-order chi connectivity index (χ0) is 14.0. The summed E-state index contributed by atoms with van der Waals surface area (Å²) in [6.07, 6.45) is -0.00826. The second kappa shape index (κ2) is 5.34. The van der Waals surface area contributed by atoms with Gasteiger partial charge in [-0.3, -0.25) is 9.59 Å². The molecule has 1 aromatic rings. The van der Waals surface area contributed by atoms with Crippen LogP contribution >= 0.6 is 0 Å². The fourth-order valence-electron chi connectivity index (χ4n) is 2.15. The molecule has 4 nitrogen and oxygen atoms in total. The topological polar surface area (TPSA) is 57.6 Å². The van der Waals surface area contributed by atoms with E-state index in [1.807, 2.05) is 0 Å². The van der Waals surface area contributed by atoms with Gasteiger partial charge in [-0.2, -0.15) is 0 Å². The molecule has 1 atom stereocenters. The lowest BCUT2D eigenvalue weighted by atomic mass is 10.1. The number of carbonyl (C=O) groups is 2. The third-order valence-corrected chi connectivity index (χ3v) is 3.28. The van der Waals surface area contributed by atoms with Crippen molar-refractivity contribution in [3.8, 4) is 0 Å². The first kappa shape index (κ1) is 13.5. The predicted molar refractivity (Wildman–Crippen MR) is 62.4 cm³/mol. The van der Waals surface area contributed by atoms with Crippen LogP contribution in [0.4, 0.5) is 8.78 Å². The predicted octanol–water partition coefficient (Wildman–Crippen LogP) is 1.44. The number of amides is 1. The van der Waals surface area contributed by atoms with Crippen LogP contribution in [0.3, 0.4) is 0 Å². The van der Waals surface area contributed by atoms with Crippen LogP contribution in [0.15, 0.2) is 18.2 Å². The highest BCUT2D eigenvalue weighted by molar-refractivity contribution is 5.80. The third-order valence-electron chi connectivity index (χ3n) is 3.28. The Bertz CT molecular complexity index is 498. The normalized spacial score (nSPS) is 18.6. The van der Waals surface area contributed by atoms with Gasteiger partial charge < -0.3 is 10.0 Å². The summed E-state index contributed by atoms with van der Waals surface area (Å²) in [5.74, 6) is -3.51. The molecule has 1 saturated heterocycles. The number of carboxylic acids is 1. The van der Waals surface area contributed by atoms with Crippen molar-refractivity contribution >= 4 is 11.9 Å². The molecule has 0 saturated carbocycles. The summed E-state index contributed by atoms with van der Waals surface area (Å²) in [4.78, 5) is 24.0. The Labute approximate surface area is 108 Å². The van der Waals surface area contributed by atoms with Crippen LogP contribution in [0.2, 0.25) is 0 Å². The lowest BCUT2D eigenvalue weighted by Gasteiger charge is -2.16. The molecule has 1 aromatic carbocycles. The van der Waals surface area contributed by atoms with E-state index in [2.05, 4.69) is 0 Å². The molecule has 1 fully saturated rings. The Hall–Kier alpha value is -1.98. The number of hydrogen-bond acceptors (Lipinski definition) is 2. The minimum atomic E-state index is -0.952. The Balaban J connectivity index is 2.04. The number of likely N-dealkylation sites (tertiary alicyclic amines) is 1. The highest BCUT2D eigenvalue weighted by Crippen LogP contribution is 2.19. The van der Waals surface area contributed by atoms with Crippen molar-refractivity contribution in [3.63, 3.8) is 0 Å². The minimum Gasteiger partial charge on any atom is -0.481 e. The molecule has 0 radical (unpaired) electrons. The molecule has 0 bridgehead atoms. The van der Waals surface area contributed by atoms with E-state index in [4.69, 9.17) is 5.11 Å². The Morgan fingerprint density at radius 1 is 1.32 bits per heavy atom. The first-order valence-corrected chi connectivity index (χ1v) is 5.92. The van der Waals surface area contributed by atoms with Gasteiger partial charge in [0.15, 0.2) is 0 Å². The summed E-state index contributed by atoms with van der Waals surface area (Å²) >= 11 is 0. The first-order chi connectivity index (χ1) is 8.99. The fourth-order valence-corrected chi connectivity index (χ4v) is 2.15. The minimum absolute atomic E-state index is 0.101. The number of aliphatic carboxylic acids is 1. The number of carbonyl (C=O) groups excluding carboxylic acids is 1. The molecule has 1 amide bonds. The van der Waals surface area contributed by atoms with E-state index >= 15 is 0 Å². The van der Waals surface area contributed by atoms with Crippen LogP contribution in [0, 0.1) is 17.6 Å². The van der Waals surface area contributed by atoms with Crippen molar-refractivity contribution in [1.29, 1.82) is 0 Å². The number of hydrogen-bond donors (Lipinski definition) is 1. The average molecular weight is 269 g/mol. The Kier molecular flexibility index (Phi) is 3.78. The second-order valence-corrected chi connectivity index (χ2v) is 4.54. The standard InChI is InChI=1S/C13H13F2NO3/c14-10-2-1-3-11(15)9(10)6-12(17)16-5-4-8(7-16)13(18)19/h1-3,8H,4-7H2,(H,18,19). The van der Waals surface area contributed by atoms with E-state index in [0.717, 1.165) is 12.1 Å². The molecule has 1 unspecified atom stereocenters. The molecule has 0 spiro atoms. The van der Waals surface area contributed by atoms with Gasteiger partial charge in [-0.25, -0.2) is 8.78 Å². The van der Waals surface area contributed by atoms with Crippen molar-refractivity contribution in [1.82, 2.24) is 4.90 Å². The number of nitrogens with zero attached hydrogens (tertiary/aromatic N) is 1. The monoisotopic (exact) mass is 269 g/mol. The fraction of sp³-hybridized carbons (Fsp3) is 0.385. The zero-order valence-electron chi connectivity index (χ0n) is 10.1. The molecule has 0 aliphatic carbocycles. The maximum absolute atomic E-state index is 13.4. The van der Waals surface area contributed by atoms with E-state index in [0.29, 0.717) is 13.0 Å². The molecule has 6 heteroatoms. The van der Waals surface area contributed by atoms with Crippen LogP contribution in [0.5, 0.6) is 0 Å². The maximum atomic E-state index is 13.4. The van der Waals surface area contributed by atoms with Gasteiger partial charge in [-0.15, -0.1) is 0 Å². The van der Waals surface area contributed by atoms with E-state index in [1.54, 1.807) is 0 Å². The van der Waals surface area contributed by atoms with Crippen molar-refractivity contribution in [2.24, 2.45) is 5.92 Å². The smallest absolute Gasteiger partial charge is 0.308 e. The van der Waals surface area contributed by atoms with Crippen LogP contribution < -0.4 is 0 Å². The van der Waals surface area contributed by atoms with Gasteiger partial charge in [0, 0.05) is 18.7 Å². The van der Waals surface area contributed by atoms with Crippen molar-refractivity contribution in [2.45, 2.75) is 12.8 Å². The molecule has 19 heavy (non-hydrogen) atoms. The number of carboxylic acid groups (broad SMARTS) is 1. The number of rotatable bonds is 3. The number of benzene rings is 1. The van der Waals surface area contributed by atoms with Gasteiger partial charge in [0.05, 0.1) is 12.3 Å². The largest absolute Gasteiger partial charge is 0.481 e. The second-order valence-electron chi connectivity index (χ2n) is 4.54. The lowest BCUT2D eigenvalue weighted by Crippen LogP contribution is -2.31. The molecular formula is C13H13F2NO3. The summed E-state index contributed by atoms with van der Waals surface area (Å²) in [7, 11) is 0. The first-order valence-electron chi connectivity index (χ1n) is 5.92. The van der Waals surface area contributed by atoms with Crippen LogP contribution in [0.25, 0.3) is 0 Å². The third kappa shape index (κ3) is 2.89. The Morgan fingerprint density at radius 3 is 2.47 bits per heavy atom. The van der Waals surface area contributed by atoms with Crippen molar-refractivity contribution in [2.75, 3.05) is 13.1 Å². The Morgan fingerprint density at radius 2 is 1.95 bits per heavy atom. The van der Waals surface area contributed by atoms with Gasteiger partial charge in [0.25, 0.3) is 0 Å². The van der Waals surface area contributed by atoms with E-state index in [1.165, 1.54) is 11.0 Å². The molecule has 1 N–H and O–H groups in total. The molecule has 0 aromatic heterocycles. The van der Waals surface area contributed by atoms with E-state index in [-0.39, 0.29) is 18.5 Å². The summed E-state index contributed by atoms with van der Waals surface area (Å²) in [5.41, 5.74) is -0.272. The van der Waals surface area contributed by atoms with Gasteiger partial charge in [-0.1, -0.05) is 6.07 Å². The van der Waals surface area contributed by atoms with Crippen LogP contribution in [-0.4, -0.2) is 35.0 Å². The van der Waals surface area contributed by atoms with Gasteiger partial charge in [0.1, 0.15) is 11.6 Å². The highest BCUT2D eigenvalue weighted by Gasteiger charge is 2.31. The van der Waals surface area contributed by atoms with Gasteiger partial charge in [-0.05, 0) is 18.6 Å². The summed E-state index contributed by atoms with van der Waals surface area (Å²) in [6, 6.07) is 3.42. The van der Waals surface area contributed by atoms with Crippen LogP contribution in [0.1, 0.15) is 12.0 Å². The number of halogens is 2. The zero-order valence-corrected chi connectivity index (χ0v) is 10.1. The van der Waals surface area contributed by atoms with Crippen molar-refractivity contribution < 1.29 is 23.5 Å². The lowest BCUT2D eigenvalue weighted by molar-refractivity contribution is -0.141. The molecule has 1 aliphatic heterocycles. The maximum Gasteiger partial charge on any atom is 0.308 e. The van der Waals surface area contributed by atoms with Gasteiger partial charge in [0.2, 0.25) is 5.91 Å². The van der Waals surface area contributed by atoms with Crippen LogP contribution in [-0.2, 0) is 16.0 Å². The average Bonchev–Trinajstić information content (AvgIpc) is 2.83. The molecule has 1 heterocycles. The van der Waals surface area contributed by atoms with Crippen molar-refractivity contribution in [3.05, 3.63) is 35.4 Å². The molecule has 2 rings (SSSR count). The summed E-state index contributed by atoms with van der Waals surface area (Å²) < 4.78 is 26.8. The summed E-state index contributed by atoms with van der Waals surface area (Å²) in [6.45, 7) is 0.413. The summed E-state index contributed by atoms with van der Waals surface area (Å²) in [5, 5.41) is 8.83.